The first-order valence-electron chi connectivity index (χ1n) is 6.24. The van der Waals surface area contributed by atoms with Crippen LogP contribution in [0.3, 0.4) is 0 Å². The second-order valence-corrected chi connectivity index (χ2v) is 6.02. The maximum absolute atomic E-state index is 9.41. The number of benzene rings is 1. The maximum atomic E-state index is 9.41. The van der Waals surface area contributed by atoms with Gasteiger partial charge in [-0.3, -0.25) is 0 Å². The molecule has 0 aliphatic heterocycles. The van der Waals surface area contributed by atoms with Crippen molar-refractivity contribution < 1.29 is 5.11 Å². The van der Waals surface area contributed by atoms with Gasteiger partial charge < -0.3 is 5.11 Å². The lowest BCUT2D eigenvalue weighted by Gasteiger charge is -2.19. The molecule has 1 aliphatic rings. The molecule has 0 bridgehead atoms. The molecule has 0 amide bonds. The Balaban J connectivity index is 2.21. The topological polar surface area (TPSA) is 20.2 Å². The van der Waals surface area contributed by atoms with Crippen LogP contribution in [0.1, 0.15) is 37.5 Å². The van der Waals surface area contributed by atoms with Gasteiger partial charge in [-0.1, -0.05) is 39.0 Å². The molecular formula is C15H22O. The second kappa shape index (κ2) is 4.21. The Kier molecular flexibility index (Phi) is 3.07. The SMILES string of the molecule is CC(C)Cc1ccc2c(c1)CC(C)(CO)C2. The van der Waals surface area contributed by atoms with Gasteiger partial charge in [-0.25, -0.2) is 0 Å². The van der Waals surface area contributed by atoms with Gasteiger partial charge in [-0.05, 0) is 47.3 Å². The monoisotopic (exact) mass is 218 g/mol. The second-order valence-electron chi connectivity index (χ2n) is 6.02. The first-order chi connectivity index (χ1) is 7.52. The van der Waals surface area contributed by atoms with E-state index in [1.807, 2.05) is 0 Å². The summed E-state index contributed by atoms with van der Waals surface area (Å²) in [5.74, 6) is 0.712. The van der Waals surface area contributed by atoms with Crippen molar-refractivity contribution in [1.82, 2.24) is 0 Å². The number of rotatable bonds is 3. The number of aliphatic hydroxyl groups is 1. The third kappa shape index (κ3) is 2.30. The van der Waals surface area contributed by atoms with Crippen LogP contribution in [0, 0.1) is 11.3 Å². The van der Waals surface area contributed by atoms with Crippen molar-refractivity contribution in [3.8, 4) is 0 Å². The van der Waals surface area contributed by atoms with Crippen molar-refractivity contribution in [3.05, 3.63) is 34.9 Å². The summed E-state index contributed by atoms with van der Waals surface area (Å²) in [4.78, 5) is 0. The number of hydrogen-bond acceptors (Lipinski definition) is 1. The summed E-state index contributed by atoms with van der Waals surface area (Å²) in [7, 11) is 0. The number of fused-ring (bicyclic) bond motifs is 1. The highest BCUT2D eigenvalue weighted by atomic mass is 16.3. The fourth-order valence-electron chi connectivity index (χ4n) is 2.71. The predicted molar refractivity (Wildman–Crippen MR) is 67.6 cm³/mol. The Morgan fingerprint density at radius 2 is 1.94 bits per heavy atom. The van der Waals surface area contributed by atoms with Crippen molar-refractivity contribution in [2.75, 3.05) is 6.61 Å². The molecule has 1 atom stereocenters. The Morgan fingerprint density at radius 3 is 2.56 bits per heavy atom. The van der Waals surface area contributed by atoms with E-state index in [1.165, 1.54) is 16.7 Å². The third-order valence-corrected chi connectivity index (χ3v) is 3.53. The lowest BCUT2D eigenvalue weighted by atomic mass is 9.88. The van der Waals surface area contributed by atoms with Gasteiger partial charge in [0.05, 0.1) is 0 Å². The zero-order chi connectivity index (χ0) is 11.8. The normalized spacial score (nSPS) is 23.8. The maximum Gasteiger partial charge on any atom is 0.0491 e. The van der Waals surface area contributed by atoms with Crippen LogP contribution in [0.4, 0.5) is 0 Å². The molecule has 2 rings (SSSR count). The molecule has 1 nitrogen and oxygen atoms in total. The van der Waals surface area contributed by atoms with Gasteiger partial charge in [-0.2, -0.15) is 0 Å². The Labute approximate surface area is 98.5 Å². The van der Waals surface area contributed by atoms with Crippen LogP contribution in [0.15, 0.2) is 18.2 Å². The van der Waals surface area contributed by atoms with Gasteiger partial charge in [0.25, 0.3) is 0 Å². The van der Waals surface area contributed by atoms with E-state index in [9.17, 15) is 5.11 Å². The van der Waals surface area contributed by atoms with Crippen LogP contribution < -0.4 is 0 Å². The van der Waals surface area contributed by atoms with Crippen molar-refractivity contribution >= 4 is 0 Å². The molecule has 88 valence electrons. The summed E-state index contributed by atoms with van der Waals surface area (Å²) >= 11 is 0. The summed E-state index contributed by atoms with van der Waals surface area (Å²) in [6.07, 6.45) is 3.22. The molecular weight excluding hydrogens is 196 g/mol. The first kappa shape index (κ1) is 11.7. The molecule has 1 heteroatoms. The van der Waals surface area contributed by atoms with E-state index in [1.54, 1.807) is 0 Å². The molecule has 0 heterocycles. The quantitative estimate of drug-likeness (QED) is 0.827. The average Bonchev–Trinajstić information content (AvgIpc) is 2.54. The average molecular weight is 218 g/mol. The predicted octanol–water partition coefficient (Wildman–Crippen LogP) is 2.98. The van der Waals surface area contributed by atoms with Gasteiger partial charge in [0.15, 0.2) is 0 Å². The van der Waals surface area contributed by atoms with Gasteiger partial charge in [0.1, 0.15) is 0 Å². The van der Waals surface area contributed by atoms with E-state index in [-0.39, 0.29) is 5.41 Å². The molecule has 0 fully saturated rings. The minimum atomic E-state index is 0.0821. The Hall–Kier alpha value is -0.820. The van der Waals surface area contributed by atoms with Crippen LogP contribution in [0.2, 0.25) is 0 Å². The fraction of sp³-hybridized carbons (Fsp3) is 0.600. The van der Waals surface area contributed by atoms with E-state index in [0.29, 0.717) is 12.5 Å². The van der Waals surface area contributed by atoms with Crippen molar-refractivity contribution in [2.24, 2.45) is 11.3 Å². The summed E-state index contributed by atoms with van der Waals surface area (Å²) in [6.45, 7) is 6.98. The van der Waals surface area contributed by atoms with Crippen LogP contribution >= 0.6 is 0 Å². The minimum Gasteiger partial charge on any atom is -0.396 e. The molecule has 1 aromatic rings. The van der Waals surface area contributed by atoms with Crippen LogP contribution in [-0.4, -0.2) is 11.7 Å². The van der Waals surface area contributed by atoms with Gasteiger partial charge in [0.2, 0.25) is 0 Å². The summed E-state index contributed by atoms with van der Waals surface area (Å²) < 4.78 is 0. The van der Waals surface area contributed by atoms with E-state index < -0.39 is 0 Å². The zero-order valence-corrected chi connectivity index (χ0v) is 10.6. The molecule has 1 aromatic carbocycles. The van der Waals surface area contributed by atoms with Crippen molar-refractivity contribution in [3.63, 3.8) is 0 Å². The van der Waals surface area contributed by atoms with Crippen LogP contribution in [0.5, 0.6) is 0 Å². The molecule has 0 saturated heterocycles. The number of hydrogen-bond donors (Lipinski definition) is 1. The summed E-state index contributed by atoms with van der Waals surface area (Å²) in [5.41, 5.74) is 4.41. The highest BCUT2D eigenvalue weighted by Crippen LogP contribution is 2.36. The van der Waals surface area contributed by atoms with E-state index in [2.05, 4.69) is 39.0 Å². The van der Waals surface area contributed by atoms with Crippen LogP contribution in [0.25, 0.3) is 0 Å². The summed E-state index contributed by atoms with van der Waals surface area (Å²) in [5, 5.41) is 9.41. The number of aliphatic hydroxyl groups excluding tert-OH is 1. The van der Waals surface area contributed by atoms with Crippen molar-refractivity contribution in [1.29, 1.82) is 0 Å². The van der Waals surface area contributed by atoms with Gasteiger partial charge in [0, 0.05) is 6.61 Å². The van der Waals surface area contributed by atoms with Gasteiger partial charge in [-0.15, -0.1) is 0 Å². The molecule has 1 aliphatic carbocycles. The first-order valence-corrected chi connectivity index (χ1v) is 6.24. The highest BCUT2D eigenvalue weighted by molar-refractivity contribution is 5.37. The Morgan fingerprint density at radius 1 is 1.25 bits per heavy atom. The van der Waals surface area contributed by atoms with E-state index >= 15 is 0 Å². The minimum absolute atomic E-state index is 0.0821. The van der Waals surface area contributed by atoms with Crippen LogP contribution in [-0.2, 0) is 19.3 Å². The van der Waals surface area contributed by atoms with E-state index in [4.69, 9.17) is 0 Å². The lowest BCUT2D eigenvalue weighted by Crippen LogP contribution is -2.21. The molecule has 0 radical (unpaired) electrons. The third-order valence-electron chi connectivity index (χ3n) is 3.53. The summed E-state index contributed by atoms with van der Waals surface area (Å²) in [6, 6.07) is 6.85. The van der Waals surface area contributed by atoms with E-state index in [0.717, 1.165) is 19.3 Å². The molecule has 1 unspecified atom stereocenters. The molecule has 0 spiro atoms. The lowest BCUT2D eigenvalue weighted by molar-refractivity contribution is 0.152. The van der Waals surface area contributed by atoms with Gasteiger partial charge >= 0.3 is 0 Å². The molecule has 0 saturated carbocycles. The van der Waals surface area contributed by atoms with Crippen molar-refractivity contribution in [2.45, 2.75) is 40.0 Å². The molecule has 16 heavy (non-hydrogen) atoms. The fourth-order valence-corrected chi connectivity index (χ4v) is 2.71. The standard InChI is InChI=1S/C15H22O/c1-11(2)6-12-4-5-13-8-15(3,10-16)9-14(13)7-12/h4-5,7,11,16H,6,8-10H2,1-3H3. The molecule has 1 N–H and O–H groups in total. The largest absolute Gasteiger partial charge is 0.396 e. The zero-order valence-electron chi connectivity index (χ0n) is 10.6. The molecule has 0 aromatic heterocycles. The highest BCUT2D eigenvalue weighted by Gasteiger charge is 2.32. The Bertz CT molecular complexity index is 381. The smallest absolute Gasteiger partial charge is 0.0491 e.